The SMILES string of the molecule is CCc1nc2scc(-c3ccc(C(C)C)cc3)c2c(=O)[nH]1. The number of nitrogens with one attached hydrogen (secondary N) is 1. The molecule has 1 N–H and O–H groups in total. The number of aryl methyl sites for hydroxylation is 1. The number of aromatic amines is 1. The first kappa shape index (κ1) is 14.0. The summed E-state index contributed by atoms with van der Waals surface area (Å²) in [5.41, 5.74) is 3.31. The largest absolute Gasteiger partial charge is 0.310 e. The third-order valence-electron chi connectivity index (χ3n) is 3.72. The molecule has 0 bridgehead atoms. The molecule has 0 aliphatic heterocycles. The molecule has 0 aliphatic carbocycles. The standard InChI is InChI=1S/C17H18N2OS/c1-4-14-18-16(20)15-13(9-21-17(15)19-14)12-7-5-11(6-8-12)10(2)3/h5-10H,4H2,1-3H3,(H,18,19,20). The van der Waals surface area contributed by atoms with Crippen molar-refractivity contribution >= 4 is 21.6 Å². The van der Waals surface area contributed by atoms with Crippen LogP contribution in [-0.2, 0) is 6.42 Å². The smallest absolute Gasteiger partial charge is 0.260 e. The molecular formula is C17H18N2OS. The van der Waals surface area contributed by atoms with E-state index in [0.717, 1.165) is 28.2 Å². The molecule has 3 rings (SSSR count). The summed E-state index contributed by atoms with van der Waals surface area (Å²) in [6.45, 7) is 6.34. The van der Waals surface area contributed by atoms with E-state index >= 15 is 0 Å². The van der Waals surface area contributed by atoms with Crippen LogP contribution < -0.4 is 5.56 Å². The zero-order valence-electron chi connectivity index (χ0n) is 12.4. The molecule has 0 saturated carbocycles. The van der Waals surface area contributed by atoms with E-state index in [1.165, 1.54) is 16.9 Å². The molecule has 0 radical (unpaired) electrons. The fourth-order valence-electron chi connectivity index (χ4n) is 2.42. The minimum absolute atomic E-state index is 0.0407. The first-order valence-corrected chi connectivity index (χ1v) is 8.08. The lowest BCUT2D eigenvalue weighted by Crippen LogP contribution is -2.10. The molecule has 2 aromatic heterocycles. The predicted octanol–water partition coefficient (Wildman–Crippen LogP) is 4.34. The normalized spacial score (nSPS) is 11.4. The summed E-state index contributed by atoms with van der Waals surface area (Å²) in [7, 11) is 0. The molecule has 0 aliphatic rings. The highest BCUT2D eigenvalue weighted by molar-refractivity contribution is 7.17. The number of aromatic nitrogens is 2. The molecule has 3 nitrogen and oxygen atoms in total. The lowest BCUT2D eigenvalue weighted by atomic mass is 9.99. The first-order valence-electron chi connectivity index (χ1n) is 7.21. The highest BCUT2D eigenvalue weighted by atomic mass is 32.1. The minimum atomic E-state index is -0.0407. The van der Waals surface area contributed by atoms with Gasteiger partial charge in [-0.3, -0.25) is 4.79 Å². The average molecular weight is 298 g/mol. The Balaban J connectivity index is 2.15. The molecule has 21 heavy (non-hydrogen) atoms. The number of nitrogens with zero attached hydrogens (tertiary/aromatic N) is 1. The van der Waals surface area contributed by atoms with Gasteiger partial charge in [-0.1, -0.05) is 45.0 Å². The summed E-state index contributed by atoms with van der Waals surface area (Å²) < 4.78 is 0. The molecular weight excluding hydrogens is 280 g/mol. The van der Waals surface area contributed by atoms with Gasteiger partial charge in [0.15, 0.2) is 0 Å². The van der Waals surface area contributed by atoms with Crippen LogP contribution in [0.1, 0.15) is 38.1 Å². The molecule has 0 fully saturated rings. The number of hydrogen-bond acceptors (Lipinski definition) is 3. The second-order valence-corrected chi connectivity index (χ2v) is 6.33. The second kappa shape index (κ2) is 5.45. The van der Waals surface area contributed by atoms with Crippen molar-refractivity contribution < 1.29 is 0 Å². The van der Waals surface area contributed by atoms with E-state index in [0.29, 0.717) is 11.3 Å². The Morgan fingerprint density at radius 3 is 2.57 bits per heavy atom. The zero-order valence-corrected chi connectivity index (χ0v) is 13.3. The molecule has 0 atom stereocenters. The van der Waals surface area contributed by atoms with E-state index in [4.69, 9.17) is 0 Å². The van der Waals surface area contributed by atoms with E-state index in [9.17, 15) is 4.79 Å². The summed E-state index contributed by atoms with van der Waals surface area (Å²) in [6.07, 6.45) is 0.738. The molecule has 1 aromatic carbocycles. The number of fused-ring (bicyclic) bond motifs is 1. The van der Waals surface area contributed by atoms with E-state index in [1.807, 2.05) is 12.3 Å². The molecule has 0 amide bonds. The Bertz CT molecular complexity index is 828. The van der Waals surface area contributed by atoms with Gasteiger partial charge >= 0.3 is 0 Å². The van der Waals surface area contributed by atoms with Gasteiger partial charge in [0.05, 0.1) is 5.39 Å². The quantitative estimate of drug-likeness (QED) is 0.782. The molecule has 3 aromatic rings. The minimum Gasteiger partial charge on any atom is -0.310 e. The Kier molecular flexibility index (Phi) is 3.64. The van der Waals surface area contributed by atoms with Crippen LogP contribution in [-0.4, -0.2) is 9.97 Å². The van der Waals surface area contributed by atoms with Crippen molar-refractivity contribution in [1.82, 2.24) is 9.97 Å². The van der Waals surface area contributed by atoms with E-state index in [2.05, 4.69) is 48.1 Å². The first-order chi connectivity index (χ1) is 10.1. The second-order valence-electron chi connectivity index (χ2n) is 5.47. The summed E-state index contributed by atoms with van der Waals surface area (Å²) >= 11 is 1.53. The van der Waals surface area contributed by atoms with Crippen LogP contribution in [0.5, 0.6) is 0 Å². The maximum Gasteiger partial charge on any atom is 0.260 e. The van der Waals surface area contributed by atoms with Gasteiger partial charge in [-0.2, -0.15) is 0 Å². The van der Waals surface area contributed by atoms with Crippen LogP contribution >= 0.6 is 11.3 Å². The lowest BCUT2D eigenvalue weighted by Gasteiger charge is -2.06. The number of H-pyrrole nitrogens is 1. The van der Waals surface area contributed by atoms with E-state index in [1.54, 1.807) is 0 Å². The highest BCUT2D eigenvalue weighted by Crippen LogP contribution is 2.31. The fourth-order valence-corrected chi connectivity index (χ4v) is 3.39. The van der Waals surface area contributed by atoms with Crippen molar-refractivity contribution in [3.8, 4) is 11.1 Å². The molecule has 0 unspecified atom stereocenters. The zero-order chi connectivity index (χ0) is 15.0. The number of thiophene rings is 1. The van der Waals surface area contributed by atoms with Gasteiger partial charge in [0.1, 0.15) is 10.7 Å². The Morgan fingerprint density at radius 2 is 1.95 bits per heavy atom. The van der Waals surface area contributed by atoms with Crippen molar-refractivity contribution in [2.45, 2.75) is 33.1 Å². The van der Waals surface area contributed by atoms with E-state index in [-0.39, 0.29) is 5.56 Å². The lowest BCUT2D eigenvalue weighted by molar-refractivity contribution is 0.867. The Morgan fingerprint density at radius 1 is 1.24 bits per heavy atom. The van der Waals surface area contributed by atoms with Gasteiger partial charge in [0.2, 0.25) is 0 Å². The van der Waals surface area contributed by atoms with Gasteiger partial charge in [0.25, 0.3) is 5.56 Å². The average Bonchev–Trinajstić information content (AvgIpc) is 2.91. The van der Waals surface area contributed by atoms with Crippen molar-refractivity contribution in [3.05, 3.63) is 51.4 Å². The van der Waals surface area contributed by atoms with Crippen LogP contribution in [0.4, 0.5) is 0 Å². The van der Waals surface area contributed by atoms with Crippen LogP contribution in [0.2, 0.25) is 0 Å². The van der Waals surface area contributed by atoms with Gasteiger partial charge in [0, 0.05) is 17.4 Å². The van der Waals surface area contributed by atoms with Crippen molar-refractivity contribution in [3.63, 3.8) is 0 Å². The number of benzene rings is 1. The molecule has 2 heterocycles. The van der Waals surface area contributed by atoms with Crippen molar-refractivity contribution in [2.75, 3.05) is 0 Å². The summed E-state index contributed by atoms with van der Waals surface area (Å²) in [6, 6.07) is 8.44. The van der Waals surface area contributed by atoms with Gasteiger partial charge < -0.3 is 4.98 Å². The highest BCUT2D eigenvalue weighted by Gasteiger charge is 2.12. The third kappa shape index (κ3) is 2.51. The van der Waals surface area contributed by atoms with Gasteiger partial charge in [-0.25, -0.2) is 4.98 Å². The van der Waals surface area contributed by atoms with E-state index < -0.39 is 0 Å². The molecule has 4 heteroatoms. The van der Waals surface area contributed by atoms with Crippen LogP contribution in [0.3, 0.4) is 0 Å². The molecule has 0 spiro atoms. The molecule has 108 valence electrons. The maximum absolute atomic E-state index is 12.3. The van der Waals surface area contributed by atoms with Crippen LogP contribution in [0, 0.1) is 0 Å². The summed E-state index contributed by atoms with van der Waals surface area (Å²) in [4.78, 5) is 20.5. The Hall–Kier alpha value is -1.94. The predicted molar refractivity (Wildman–Crippen MR) is 89.1 cm³/mol. The van der Waals surface area contributed by atoms with Crippen molar-refractivity contribution in [1.29, 1.82) is 0 Å². The monoisotopic (exact) mass is 298 g/mol. The fraction of sp³-hybridized carbons (Fsp3) is 0.294. The van der Waals surface area contributed by atoms with Crippen molar-refractivity contribution in [2.24, 2.45) is 0 Å². The Labute approximate surface area is 127 Å². The third-order valence-corrected chi connectivity index (χ3v) is 4.59. The topological polar surface area (TPSA) is 45.8 Å². The number of rotatable bonds is 3. The molecule has 0 saturated heterocycles. The number of hydrogen-bond donors (Lipinski definition) is 1. The van der Waals surface area contributed by atoms with Gasteiger partial charge in [-0.15, -0.1) is 11.3 Å². The van der Waals surface area contributed by atoms with Crippen LogP contribution in [0.15, 0.2) is 34.4 Å². The van der Waals surface area contributed by atoms with Gasteiger partial charge in [-0.05, 0) is 17.0 Å². The summed E-state index contributed by atoms with van der Waals surface area (Å²) in [5.74, 6) is 1.26. The van der Waals surface area contributed by atoms with Crippen LogP contribution in [0.25, 0.3) is 21.3 Å². The summed E-state index contributed by atoms with van der Waals surface area (Å²) in [5, 5.41) is 2.73. The maximum atomic E-state index is 12.3.